The number of H-pyrrole nitrogens is 1. The number of rotatable bonds is 2. The molecule has 0 spiro atoms. The van der Waals surface area contributed by atoms with Crippen molar-refractivity contribution in [1.82, 2.24) is 9.55 Å². The van der Waals surface area contributed by atoms with Crippen LogP contribution in [0.1, 0.15) is 4.88 Å². The van der Waals surface area contributed by atoms with Gasteiger partial charge in [-0.1, -0.05) is 6.07 Å². The Bertz CT molecular complexity index is 764. The van der Waals surface area contributed by atoms with Gasteiger partial charge in [-0.05, 0) is 35.1 Å². The van der Waals surface area contributed by atoms with E-state index in [9.17, 15) is 4.79 Å². The number of nitrogens with one attached hydrogen (secondary N) is 1. The fourth-order valence-corrected chi connectivity index (χ4v) is 3.42. The predicted molar refractivity (Wildman–Crippen MR) is 74.7 cm³/mol. The number of thiophene rings is 2. The lowest BCUT2D eigenvalue weighted by Gasteiger charge is -2.04. The molecular formula is C11H8N2OS3. The molecule has 0 amide bonds. The lowest BCUT2D eigenvalue weighted by atomic mass is 10.4. The maximum Gasteiger partial charge on any atom is 0.272 e. The zero-order valence-electron chi connectivity index (χ0n) is 8.67. The first kappa shape index (κ1) is 10.9. The average Bonchev–Trinajstić information content (AvgIpc) is 2.94. The molecule has 1 N–H and O–H groups in total. The third kappa shape index (κ3) is 1.88. The molecule has 3 aromatic rings. The van der Waals surface area contributed by atoms with E-state index < -0.39 is 0 Å². The molecule has 3 aromatic heterocycles. The number of hydrogen-bond acceptors (Lipinski definition) is 4. The highest BCUT2D eigenvalue weighted by Crippen LogP contribution is 2.15. The Balaban J connectivity index is 2.22. The molecule has 0 radical (unpaired) electrons. The molecule has 0 saturated heterocycles. The van der Waals surface area contributed by atoms with Crippen molar-refractivity contribution in [2.75, 3.05) is 0 Å². The smallest absolute Gasteiger partial charge is 0.272 e. The normalized spacial score (nSPS) is 11.1. The molecule has 6 heteroatoms. The maximum atomic E-state index is 12.2. The second-order valence-electron chi connectivity index (χ2n) is 3.56. The van der Waals surface area contributed by atoms with Crippen LogP contribution in [0.15, 0.2) is 33.8 Å². The topological polar surface area (TPSA) is 37.8 Å². The van der Waals surface area contributed by atoms with Gasteiger partial charge in [0, 0.05) is 4.88 Å². The Morgan fingerprint density at radius 1 is 1.29 bits per heavy atom. The quantitative estimate of drug-likeness (QED) is 0.732. The minimum absolute atomic E-state index is 0.00727. The highest BCUT2D eigenvalue weighted by atomic mass is 32.1. The van der Waals surface area contributed by atoms with E-state index in [1.54, 1.807) is 15.9 Å². The largest absolute Gasteiger partial charge is 0.331 e. The summed E-state index contributed by atoms with van der Waals surface area (Å²) in [5.74, 6) is 0. The number of nitrogens with zero attached hydrogens (tertiary/aromatic N) is 1. The molecule has 3 rings (SSSR count). The van der Waals surface area contributed by atoms with Crippen molar-refractivity contribution in [1.29, 1.82) is 0 Å². The van der Waals surface area contributed by atoms with Gasteiger partial charge in [0.15, 0.2) is 4.77 Å². The molecular weight excluding hydrogens is 272 g/mol. The van der Waals surface area contributed by atoms with E-state index in [1.807, 2.05) is 29.0 Å². The average molecular weight is 280 g/mol. The van der Waals surface area contributed by atoms with Crippen LogP contribution in [0.25, 0.3) is 10.2 Å². The van der Waals surface area contributed by atoms with Crippen LogP contribution in [-0.4, -0.2) is 9.55 Å². The Labute approximate surface area is 110 Å². The molecule has 0 atom stereocenters. The van der Waals surface area contributed by atoms with Crippen LogP contribution < -0.4 is 5.56 Å². The van der Waals surface area contributed by atoms with E-state index in [-0.39, 0.29) is 5.56 Å². The molecule has 0 bridgehead atoms. The highest BCUT2D eigenvalue weighted by molar-refractivity contribution is 7.71. The molecule has 86 valence electrons. The van der Waals surface area contributed by atoms with Gasteiger partial charge in [-0.2, -0.15) is 0 Å². The summed E-state index contributed by atoms with van der Waals surface area (Å²) in [6, 6.07) is 5.86. The van der Waals surface area contributed by atoms with Gasteiger partial charge < -0.3 is 4.98 Å². The van der Waals surface area contributed by atoms with E-state index in [0.29, 0.717) is 11.3 Å². The molecule has 0 aliphatic carbocycles. The van der Waals surface area contributed by atoms with Gasteiger partial charge in [0.05, 0.1) is 12.1 Å². The minimum atomic E-state index is -0.00727. The van der Waals surface area contributed by atoms with E-state index in [1.165, 1.54) is 11.3 Å². The Kier molecular flexibility index (Phi) is 2.70. The third-order valence-corrected chi connectivity index (χ3v) is 4.57. The number of aromatic nitrogens is 2. The van der Waals surface area contributed by atoms with Gasteiger partial charge in [0.25, 0.3) is 5.56 Å². The van der Waals surface area contributed by atoms with Gasteiger partial charge in [0.2, 0.25) is 0 Å². The fourth-order valence-electron chi connectivity index (χ4n) is 1.67. The molecule has 0 aliphatic heterocycles. The second kappa shape index (κ2) is 4.21. The lowest BCUT2D eigenvalue weighted by Crippen LogP contribution is -2.21. The van der Waals surface area contributed by atoms with Crippen molar-refractivity contribution >= 4 is 45.1 Å². The van der Waals surface area contributed by atoms with E-state index >= 15 is 0 Å². The highest BCUT2D eigenvalue weighted by Gasteiger charge is 2.07. The predicted octanol–water partition coefficient (Wildman–Crippen LogP) is 3.23. The van der Waals surface area contributed by atoms with E-state index in [2.05, 4.69) is 4.98 Å². The fraction of sp³-hybridized carbons (Fsp3) is 0.0909. The molecule has 0 fully saturated rings. The lowest BCUT2D eigenvalue weighted by molar-refractivity contribution is 0.745. The number of fused-ring (bicyclic) bond motifs is 1. The number of hydrogen-bond donors (Lipinski definition) is 1. The molecule has 3 nitrogen and oxygen atoms in total. The number of aromatic amines is 1. The maximum absolute atomic E-state index is 12.2. The van der Waals surface area contributed by atoms with Crippen molar-refractivity contribution in [3.8, 4) is 0 Å². The Hall–Kier alpha value is -1.24. The summed E-state index contributed by atoms with van der Waals surface area (Å²) < 4.78 is 2.82. The van der Waals surface area contributed by atoms with Gasteiger partial charge >= 0.3 is 0 Å². The molecule has 17 heavy (non-hydrogen) atoms. The Morgan fingerprint density at radius 2 is 2.18 bits per heavy atom. The zero-order chi connectivity index (χ0) is 11.8. The van der Waals surface area contributed by atoms with Crippen LogP contribution in [0.2, 0.25) is 0 Å². The van der Waals surface area contributed by atoms with Crippen molar-refractivity contribution < 1.29 is 0 Å². The van der Waals surface area contributed by atoms with Crippen molar-refractivity contribution in [2.45, 2.75) is 6.54 Å². The van der Waals surface area contributed by atoms with Gasteiger partial charge in [-0.15, -0.1) is 22.7 Å². The monoisotopic (exact) mass is 280 g/mol. The van der Waals surface area contributed by atoms with Crippen molar-refractivity contribution in [3.63, 3.8) is 0 Å². The van der Waals surface area contributed by atoms with Crippen LogP contribution in [0.4, 0.5) is 0 Å². The third-order valence-electron chi connectivity index (χ3n) is 2.49. The van der Waals surface area contributed by atoms with Gasteiger partial charge in [0.1, 0.15) is 4.70 Å². The van der Waals surface area contributed by atoms with E-state index in [4.69, 9.17) is 12.2 Å². The van der Waals surface area contributed by atoms with Crippen LogP contribution in [0.5, 0.6) is 0 Å². The Morgan fingerprint density at radius 3 is 2.94 bits per heavy atom. The van der Waals surface area contributed by atoms with Gasteiger partial charge in [-0.3, -0.25) is 9.36 Å². The summed E-state index contributed by atoms with van der Waals surface area (Å²) in [5.41, 5.74) is 0.819. The molecule has 0 unspecified atom stereocenters. The standard InChI is InChI=1S/C11H8N2OS3/c14-10-9-8(3-5-17-9)12-11(15)13(10)6-7-2-1-4-16-7/h1-5H,6H2,(H,12,15). The molecule has 0 aliphatic rings. The first-order chi connectivity index (χ1) is 8.25. The van der Waals surface area contributed by atoms with Crippen LogP contribution >= 0.6 is 34.9 Å². The second-order valence-corrected chi connectivity index (χ2v) is 5.90. The van der Waals surface area contributed by atoms with Crippen molar-refractivity contribution in [2.24, 2.45) is 0 Å². The summed E-state index contributed by atoms with van der Waals surface area (Å²) in [7, 11) is 0. The summed E-state index contributed by atoms with van der Waals surface area (Å²) >= 11 is 8.29. The zero-order valence-corrected chi connectivity index (χ0v) is 11.1. The summed E-state index contributed by atoms with van der Waals surface area (Å²) in [4.78, 5) is 16.4. The SMILES string of the molecule is O=c1c2sccc2[nH]c(=S)n1Cc1cccs1. The van der Waals surface area contributed by atoms with Crippen LogP contribution in [0.3, 0.4) is 0 Å². The minimum Gasteiger partial charge on any atom is -0.331 e. The van der Waals surface area contributed by atoms with Gasteiger partial charge in [-0.25, -0.2) is 0 Å². The summed E-state index contributed by atoms with van der Waals surface area (Å²) in [6.45, 7) is 0.541. The van der Waals surface area contributed by atoms with Crippen LogP contribution in [-0.2, 0) is 6.54 Å². The molecule has 0 saturated carbocycles. The molecule has 3 heterocycles. The first-order valence-electron chi connectivity index (χ1n) is 4.98. The van der Waals surface area contributed by atoms with Crippen LogP contribution in [0, 0.1) is 4.77 Å². The first-order valence-corrected chi connectivity index (χ1v) is 7.15. The molecule has 0 aromatic carbocycles. The summed E-state index contributed by atoms with van der Waals surface area (Å²) in [5, 5.41) is 3.89. The van der Waals surface area contributed by atoms with Crippen molar-refractivity contribution in [3.05, 3.63) is 49.0 Å². The van der Waals surface area contributed by atoms with E-state index in [0.717, 1.165) is 15.1 Å². The summed E-state index contributed by atoms with van der Waals surface area (Å²) in [6.07, 6.45) is 0.